The second-order valence-electron chi connectivity index (χ2n) is 6.91. The van der Waals surface area contributed by atoms with Crippen molar-refractivity contribution in [2.45, 2.75) is 19.3 Å². The summed E-state index contributed by atoms with van der Waals surface area (Å²) in [6, 6.07) is 11.7. The third kappa shape index (κ3) is 4.66. The van der Waals surface area contributed by atoms with Gasteiger partial charge in [-0.15, -0.1) is 0 Å². The highest BCUT2D eigenvalue weighted by atomic mass is 32.2. The van der Waals surface area contributed by atoms with Crippen molar-refractivity contribution in [1.29, 1.82) is 0 Å². The van der Waals surface area contributed by atoms with Gasteiger partial charge in [-0.05, 0) is 36.6 Å². The van der Waals surface area contributed by atoms with Crippen molar-refractivity contribution < 1.29 is 14.0 Å². The molecule has 0 radical (unpaired) electrons. The molecule has 1 saturated heterocycles. The van der Waals surface area contributed by atoms with Gasteiger partial charge in [0.05, 0.1) is 11.2 Å². The average molecular weight is 440 g/mol. The smallest absolute Gasteiger partial charge is 0.266 e. The quantitative estimate of drug-likeness (QED) is 0.408. The zero-order chi connectivity index (χ0) is 20.9. The van der Waals surface area contributed by atoms with Crippen molar-refractivity contribution in [3.8, 4) is 0 Å². The van der Waals surface area contributed by atoms with E-state index in [0.29, 0.717) is 40.9 Å². The molecular formula is C22H21N3O3S2. The van der Waals surface area contributed by atoms with E-state index in [2.05, 4.69) is 16.4 Å². The number of nitrogens with zero attached hydrogens (tertiary/aromatic N) is 1. The average Bonchev–Trinajstić information content (AvgIpc) is 3.45. The van der Waals surface area contributed by atoms with Crippen LogP contribution in [-0.4, -0.2) is 39.1 Å². The molecule has 3 aromatic rings. The second-order valence-corrected chi connectivity index (χ2v) is 8.59. The summed E-state index contributed by atoms with van der Waals surface area (Å²) in [7, 11) is 0. The maximum atomic E-state index is 12.5. The Bertz CT molecular complexity index is 1100. The van der Waals surface area contributed by atoms with Crippen LogP contribution in [0.2, 0.25) is 0 Å². The van der Waals surface area contributed by atoms with E-state index in [9.17, 15) is 9.59 Å². The minimum absolute atomic E-state index is 0.0218. The van der Waals surface area contributed by atoms with Crippen molar-refractivity contribution in [2.75, 3.05) is 13.1 Å². The zero-order valence-electron chi connectivity index (χ0n) is 16.2. The molecule has 8 heteroatoms. The van der Waals surface area contributed by atoms with Gasteiger partial charge in [-0.1, -0.05) is 42.2 Å². The Balaban J connectivity index is 1.21. The molecule has 30 heavy (non-hydrogen) atoms. The van der Waals surface area contributed by atoms with E-state index in [4.69, 9.17) is 16.6 Å². The van der Waals surface area contributed by atoms with E-state index in [0.717, 1.165) is 11.9 Å². The molecule has 2 amide bonds. The molecule has 2 aromatic heterocycles. The minimum atomic E-state index is -0.138. The van der Waals surface area contributed by atoms with Gasteiger partial charge in [0.25, 0.3) is 5.91 Å². The van der Waals surface area contributed by atoms with Gasteiger partial charge in [0.1, 0.15) is 10.1 Å². The number of amides is 2. The predicted molar refractivity (Wildman–Crippen MR) is 123 cm³/mol. The van der Waals surface area contributed by atoms with E-state index in [1.54, 1.807) is 29.4 Å². The summed E-state index contributed by atoms with van der Waals surface area (Å²) in [5, 5.41) is 4.14. The summed E-state index contributed by atoms with van der Waals surface area (Å²) in [5.41, 5.74) is 2.29. The number of rotatable bonds is 8. The first kappa shape index (κ1) is 20.4. The molecule has 3 heterocycles. The molecule has 4 rings (SSSR count). The first-order valence-corrected chi connectivity index (χ1v) is 10.9. The molecule has 2 N–H and O–H groups in total. The SMILES string of the molecule is O=C(CCCN1C(=O)/C(=C\c2ccco2)SC1=S)NCCc1c[nH]c2ccccc12. The Kier molecular flexibility index (Phi) is 6.35. The third-order valence-electron chi connectivity index (χ3n) is 4.87. The summed E-state index contributed by atoms with van der Waals surface area (Å²) in [6.07, 6.45) is 6.91. The van der Waals surface area contributed by atoms with Gasteiger partial charge in [0.15, 0.2) is 0 Å². The third-order valence-corrected chi connectivity index (χ3v) is 6.24. The number of hydrogen-bond donors (Lipinski definition) is 2. The highest BCUT2D eigenvalue weighted by Crippen LogP contribution is 2.32. The van der Waals surface area contributed by atoms with Crippen LogP contribution < -0.4 is 5.32 Å². The van der Waals surface area contributed by atoms with Crippen LogP contribution in [0.25, 0.3) is 17.0 Å². The van der Waals surface area contributed by atoms with Crippen molar-refractivity contribution in [3.63, 3.8) is 0 Å². The van der Waals surface area contributed by atoms with E-state index in [1.165, 1.54) is 22.7 Å². The summed E-state index contributed by atoms with van der Waals surface area (Å²) < 4.78 is 5.77. The van der Waals surface area contributed by atoms with Gasteiger partial charge in [-0.25, -0.2) is 0 Å². The number of carbonyl (C=O) groups excluding carboxylic acids is 2. The molecule has 0 unspecified atom stereocenters. The van der Waals surface area contributed by atoms with Gasteiger partial charge < -0.3 is 14.7 Å². The molecule has 154 valence electrons. The first-order chi connectivity index (χ1) is 14.6. The van der Waals surface area contributed by atoms with Gasteiger partial charge in [-0.2, -0.15) is 0 Å². The summed E-state index contributed by atoms with van der Waals surface area (Å²) in [5.74, 6) is 0.456. The normalized spacial score (nSPS) is 15.5. The topological polar surface area (TPSA) is 78.3 Å². The van der Waals surface area contributed by atoms with Gasteiger partial charge >= 0.3 is 0 Å². The molecule has 0 aliphatic carbocycles. The highest BCUT2D eigenvalue weighted by molar-refractivity contribution is 8.26. The van der Waals surface area contributed by atoms with Crippen LogP contribution in [0.4, 0.5) is 0 Å². The second kappa shape index (κ2) is 9.32. The maximum absolute atomic E-state index is 12.5. The lowest BCUT2D eigenvalue weighted by atomic mass is 10.1. The maximum Gasteiger partial charge on any atom is 0.266 e. The summed E-state index contributed by atoms with van der Waals surface area (Å²) in [4.78, 5) is 30.0. The van der Waals surface area contributed by atoms with Crippen molar-refractivity contribution >= 4 is 57.1 Å². The van der Waals surface area contributed by atoms with Crippen LogP contribution in [0.3, 0.4) is 0 Å². The summed E-state index contributed by atoms with van der Waals surface area (Å²) >= 11 is 6.57. The number of H-pyrrole nitrogens is 1. The molecule has 1 aliphatic heterocycles. The molecule has 0 bridgehead atoms. The number of benzene rings is 1. The number of hydrogen-bond acceptors (Lipinski definition) is 5. The Morgan fingerprint density at radius 3 is 2.97 bits per heavy atom. The summed E-state index contributed by atoms with van der Waals surface area (Å²) in [6.45, 7) is 1.00. The van der Waals surface area contributed by atoms with E-state index >= 15 is 0 Å². The van der Waals surface area contributed by atoms with Crippen molar-refractivity contribution in [1.82, 2.24) is 15.2 Å². The van der Waals surface area contributed by atoms with Crippen LogP contribution in [0.1, 0.15) is 24.2 Å². The molecular weight excluding hydrogens is 418 g/mol. The predicted octanol–water partition coefficient (Wildman–Crippen LogP) is 4.10. The highest BCUT2D eigenvalue weighted by Gasteiger charge is 2.31. The number of carbonyl (C=O) groups is 2. The minimum Gasteiger partial charge on any atom is -0.465 e. The van der Waals surface area contributed by atoms with Crippen LogP contribution in [-0.2, 0) is 16.0 Å². The molecule has 1 fully saturated rings. The Hall–Kier alpha value is -2.84. The molecule has 1 aliphatic rings. The lowest BCUT2D eigenvalue weighted by Gasteiger charge is -2.14. The zero-order valence-corrected chi connectivity index (χ0v) is 17.9. The van der Waals surface area contributed by atoms with Crippen LogP contribution in [0, 0.1) is 0 Å². The fraction of sp³-hybridized carbons (Fsp3) is 0.227. The number of aromatic nitrogens is 1. The standard InChI is InChI=1S/C22H21N3O3S2/c26-20(23-10-9-15-14-24-18-7-2-1-6-17(15)18)8-3-11-25-21(27)19(30-22(25)29)13-16-5-4-12-28-16/h1-2,4-7,12-14,24H,3,8-11H2,(H,23,26)/b19-13+. The van der Waals surface area contributed by atoms with Crippen molar-refractivity contribution in [2.24, 2.45) is 0 Å². The lowest BCUT2D eigenvalue weighted by molar-refractivity contribution is -0.123. The van der Waals surface area contributed by atoms with Crippen LogP contribution >= 0.6 is 24.0 Å². The number of thiocarbonyl (C=S) groups is 1. The Morgan fingerprint density at radius 2 is 2.13 bits per heavy atom. The largest absolute Gasteiger partial charge is 0.465 e. The Morgan fingerprint density at radius 1 is 1.27 bits per heavy atom. The number of aromatic amines is 1. The fourth-order valence-corrected chi connectivity index (χ4v) is 4.65. The molecule has 0 saturated carbocycles. The monoisotopic (exact) mass is 439 g/mol. The number of fused-ring (bicyclic) bond motifs is 1. The molecule has 1 aromatic carbocycles. The number of thioether (sulfide) groups is 1. The first-order valence-electron chi connectivity index (χ1n) is 9.72. The Labute approximate surface area is 183 Å². The number of furan rings is 1. The molecule has 0 spiro atoms. The fourth-order valence-electron chi connectivity index (χ4n) is 3.36. The molecule has 0 atom stereocenters. The van der Waals surface area contributed by atoms with Crippen LogP contribution in [0.15, 0.2) is 58.2 Å². The van der Waals surface area contributed by atoms with Crippen LogP contribution in [0.5, 0.6) is 0 Å². The molecule has 6 nitrogen and oxygen atoms in total. The number of para-hydroxylation sites is 1. The van der Waals surface area contributed by atoms with E-state index in [-0.39, 0.29) is 11.8 Å². The lowest BCUT2D eigenvalue weighted by Crippen LogP contribution is -2.31. The van der Waals surface area contributed by atoms with Gasteiger partial charge in [-0.3, -0.25) is 14.5 Å². The van der Waals surface area contributed by atoms with E-state index in [1.807, 2.05) is 24.4 Å². The van der Waals surface area contributed by atoms with Gasteiger partial charge in [0, 0.05) is 42.7 Å². The van der Waals surface area contributed by atoms with Gasteiger partial charge in [0.2, 0.25) is 5.91 Å². The van der Waals surface area contributed by atoms with Crippen molar-refractivity contribution in [3.05, 3.63) is 65.1 Å². The number of nitrogens with one attached hydrogen (secondary N) is 2. The van der Waals surface area contributed by atoms with E-state index < -0.39 is 0 Å².